The molecule has 0 spiro atoms. The predicted molar refractivity (Wildman–Crippen MR) is 92.1 cm³/mol. The van der Waals surface area contributed by atoms with Gasteiger partial charge in [0.05, 0.1) is 25.2 Å². The van der Waals surface area contributed by atoms with Crippen LogP contribution in [0.15, 0.2) is 29.4 Å². The molecular weight excluding hydrogens is 346 g/mol. The molecule has 1 fully saturated rings. The monoisotopic (exact) mass is 371 g/mol. The Bertz CT molecular complexity index is 611. The third kappa shape index (κ3) is 5.04. The molecule has 0 aliphatic carbocycles. The van der Waals surface area contributed by atoms with Crippen LogP contribution in [0.1, 0.15) is 20.8 Å². The number of nitrogens with zero attached hydrogens (tertiary/aromatic N) is 3. The number of aliphatic hydroxyl groups is 2. The van der Waals surface area contributed by atoms with Crippen LogP contribution in [0.4, 0.5) is 0 Å². The molecule has 10 nitrogen and oxygen atoms in total. The largest absolute Gasteiger partial charge is 0.479 e. The molecule has 0 aromatic heterocycles. The highest BCUT2D eigenvalue weighted by Crippen LogP contribution is 2.27. The summed E-state index contributed by atoms with van der Waals surface area (Å²) >= 11 is 0. The summed E-state index contributed by atoms with van der Waals surface area (Å²) in [7, 11) is 1.67. The van der Waals surface area contributed by atoms with Crippen molar-refractivity contribution in [3.8, 4) is 0 Å². The Labute approximate surface area is 151 Å². The summed E-state index contributed by atoms with van der Waals surface area (Å²) in [6, 6.07) is 0.183. The molecule has 2 rings (SSSR count). The van der Waals surface area contributed by atoms with E-state index in [0.717, 1.165) is 18.1 Å². The summed E-state index contributed by atoms with van der Waals surface area (Å²) in [5.41, 5.74) is 0.928. The summed E-state index contributed by atoms with van der Waals surface area (Å²) in [4.78, 5) is 31.7. The van der Waals surface area contributed by atoms with Gasteiger partial charge in [-0.3, -0.25) is 4.84 Å². The second kappa shape index (κ2) is 8.30. The van der Waals surface area contributed by atoms with Crippen molar-refractivity contribution in [1.29, 1.82) is 0 Å². The number of carboxylic acids is 2. The molecule has 0 aromatic carbocycles. The lowest BCUT2D eigenvalue weighted by molar-refractivity contribution is -0.165. The Morgan fingerprint density at radius 2 is 1.81 bits per heavy atom. The van der Waals surface area contributed by atoms with Gasteiger partial charge in [0.25, 0.3) is 0 Å². The van der Waals surface area contributed by atoms with Crippen LogP contribution in [-0.4, -0.2) is 85.7 Å². The SMILES string of the molecule is C=C(C)[C@@H]1CN2C=CC(C)(C)N=C2N1OC.O=C(O)[C@H](O)[C@@H](O)C(=O)O. The molecule has 1 saturated heterocycles. The zero-order chi connectivity index (χ0) is 20.2. The van der Waals surface area contributed by atoms with E-state index in [4.69, 9.17) is 25.3 Å². The molecule has 0 unspecified atom stereocenters. The highest BCUT2D eigenvalue weighted by Gasteiger charge is 2.38. The van der Waals surface area contributed by atoms with Crippen LogP contribution in [0.3, 0.4) is 0 Å². The van der Waals surface area contributed by atoms with E-state index in [2.05, 4.69) is 42.6 Å². The molecule has 0 radical (unpaired) electrons. The summed E-state index contributed by atoms with van der Waals surface area (Å²) in [6.45, 7) is 11.0. The summed E-state index contributed by atoms with van der Waals surface area (Å²) < 4.78 is 0. The van der Waals surface area contributed by atoms with Crippen LogP contribution < -0.4 is 0 Å². The van der Waals surface area contributed by atoms with Gasteiger partial charge >= 0.3 is 11.9 Å². The van der Waals surface area contributed by atoms with Gasteiger partial charge in [-0.15, -0.1) is 0 Å². The molecule has 4 N–H and O–H groups in total. The fraction of sp³-hybridized carbons (Fsp3) is 0.562. The Morgan fingerprint density at radius 1 is 1.31 bits per heavy atom. The number of hydrogen-bond donors (Lipinski definition) is 4. The number of rotatable bonds is 5. The van der Waals surface area contributed by atoms with E-state index in [1.54, 1.807) is 7.11 Å². The minimum Gasteiger partial charge on any atom is -0.479 e. The molecule has 2 aliphatic heterocycles. The topological polar surface area (TPSA) is 143 Å². The Balaban J connectivity index is 0.000000294. The van der Waals surface area contributed by atoms with Crippen molar-refractivity contribution >= 4 is 17.9 Å². The molecule has 2 heterocycles. The molecule has 2 aliphatic rings. The normalized spacial score (nSPS) is 22.5. The predicted octanol–water partition coefficient (Wildman–Crippen LogP) is -0.351. The molecule has 0 bridgehead atoms. The highest BCUT2D eigenvalue weighted by molar-refractivity contribution is 5.84. The van der Waals surface area contributed by atoms with Crippen molar-refractivity contribution in [2.24, 2.45) is 4.99 Å². The number of aliphatic hydroxyl groups excluding tert-OH is 2. The van der Waals surface area contributed by atoms with E-state index in [1.807, 2.05) is 12.0 Å². The fourth-order valence-corrected chi connectivity index (χ4v) is 2.25. The van der Waals surface area contributed by atoms with Gasteiger partial charge in [0.15, 0.2) is 12.2 Å². The van der Waals surface area contributed by atoms with Gasteiger partial charge in [-0.1, -0.05) is 12.2 Å². The van der Waals surface area contributed by atoms with Crippen LogP contribution in [-0.2, 0) is 14.4 Å². The first-order valence-electron chi connectivity index (χ1n) is 7.77. The second-order valence-electron chi connectivity index (χ2n) is 6.47. The first kappa shape index (κ1) is 21.6. The Hall–Kier alpha value is -2.43. The number of fused-ring (bicyclic) bond motifs is 1. The molecular formula is C16H25N3O7. The van der Waals surface area contributed by atoms with Crippen molar-refractivity contribution in [2.75, 3.05) is 13.7 Å². The van der Waals surface area contributed by atoms with E-state index in [9.17, 15) is 9.59 Å². The number of aliphatic imine (C=N–C) groups is 1. The maximum absolute atomic E-state index is 9.77. The molecule has 10 heteroatoms. The Morgan fingerprint density at radius 3 is 2.19 bits per heavy atom. The van der Waals surface area contributed by atoms with Crippen LogP contribution >= 0.6 is 0 Å². The maximum Gasteiger partial charge on any atom is 0.335 e. The standard InChI is InChI=1S/C12H19N3O.C4H6O6/c1-9(2)10-8-14-7-6-12(3,4)13-11(14)15(10)16-5;5-1(3(7)8)2(6)4(9)10/h6-7,10H,1,8H2,2-5H3;1-2,5-6H,(H,7,8)(H,9,10)/t10-;1-,2-/m01/s1. The van der Waals surface area contributed by atoms with Crippen molar-refractivity contribution in [1.82, 2.24) is 9.96 Å². The van der Waals surface area contributed by atoms with Crippen molar-refractivity contribution in [2.45, 2.75) is 44.6 Å². The van der Waals surface area contributed by atoms with Crippen LogP contribution in [0.5, 0.6) is 0 Å². The smallest absolute Gasteiger partial charge is 0.335 e. The number of hydroxylamine groups is 2. The summed E-state index contributed by atoms with van der Waals surface area (Å²) in [5, 5.41) is 34.4. The van der Waals surface area contributed by atoms with Gasteiger partial charge in [-0.25, -0.2) is 19.6 Å². The number of hydrogen-bond acceptors (Lipinski definition) is 8. The van der Waals surface area contributed by atoms with Gasteiger partial charge in [-0.05, 0) is 26.8 Å². The van der Waals surface area contributed by atoms with Gasteiger partial charge in [-0.2, -0.15) is 0 Å². The van der Waals surface area contributed by atoms with E-state index >= 15 is 0 Å². The molecule has 0 saturated carbocycles. The minimum atomic E-state index is -2.27. The number of carboxylic acid groups (broad SMARTS) is 2. The number of guanidine groups is 1. The van der Waals surface area contributed by atoms with E-state index in [0.29, 0.717) is 0 Å². The highest BCUT2D eigenvalue weighted by atomic mass is 16.7. The average Bonchev–Trinajstić information content (AvgIpc) is 2.90. The van der Waals surface area contributed by atoms with Gasteiger partial charge in [0.2, 0.25) is 5.96 Å². The lowest BCUT2D eigenvalue weighted by atomic mass is 10.1. The Kier molecular flexibility index (Phi) is 6.90. The van der Waals surface area contributed by atoms with Gasteiger partial charge < -0.3 is 25.3 Å². The third-order valence-electron chi connectivity index (χ3n) is 3.73. The van der Waals surface area contributed by atoms with Crippen molar-refractivity contribution in [3.63, 3.8) is 0 Å². The van der Waals surface area contributed by atoms with Crippen LogP contribution in [0.2, 0.25) is 0 Å². The molecule has 0 aromatic rings. The minimum absolute atomic E-state index is 0.160. The summed E-state index contributed by atoms with van der Waals surface area (Å²) in [6.07, 6.45) is -0.349. The van der Waals surface area contributed by atoms with Gasteiger partial charge in [0, 0.05) is 6.20 Å². The van der Waals surface area contributed by atoms with Crippen LogP contribution in [0.25, 0.3) is 0 Å². The second-order valence-corrected chi connectivity index (χ2v) is 6.47. The molecule has 3 atom stereocenters. The molecule has 0 amide bonds. The average molecular weight is 371 g/mol. The number of aliphatic carboxylic acids is 2. The quantitative estimate of drug-likeness (QED) is 0.477. The van der Waals surface area contributed by atoms with E-state index in [1.165, 1.54) is 0 Å². The van der Waals surface area contributed by atoms with Crippen molar-refractivity contribution in [3.05, 3.63) is 24.4 Å². The van der Waals surface area contributed by atoms with E-state index < -0.39 is 24.1 Å². The lowest BCUT2D eigenvalue weighted by Crippen LogP contribution is -2.39. The molecule has 146 valence electrons. The molecule has 26 heavy (non-hydrogen) atoms. The zero-order valence-electron chi connectivity index (χ0n) is 15.2. The van der Waals surface area contributed by atoms with E-state index in [-0.39, 0.29) is 11.6 Å². The third-order valence-corrected chi connectivity index (χ3v) is 3.73. The van der Waals surface area contributed by atoms with Crippen LogP contribution in [0, 0.1) is 0 Å². The zero-order valence-corrected chi connectivity index (χ0v) is 15.2. The van der Waals surface area contributed by atoms with Crippen molar-refractivity contribution < 1.29 is 34.9 Å². The number of carbonyl (C=O) groups is 2. The first-order chi connectivity index (χ1) is 11.9. The lowest BCUT2D eigenvalue weighted by Gasteiger charge is -2.28. The fourth-order valence-electron chi connectivity index (χ4n) is 2.25. The first-order valence-corrected chi connectivity index (χ1v) is 7.77. The maximum atomic E-state index is 9.77. The summed E-state index contributed by atoms with van der Waals surface area (Å²) in [5.74, 6) is -2.66. The van der Waals surface area contributed by atoms with Gasteiger partial charge in [0.1, 0.15) is 0 Å².